The largest absolute Gasteiger partial charge is 0.350 e. The van der Waals surface area contributed by atoms with E-state index in [-0.39, 0.29) is 16.2 Å². The van der Waals surface area contributed by atoms with Crippen LogP contribution in [0.25, 0.3) is 22.0 Å². The van der Waals surface area contributed by atoms with Crippen molar-refractivity contribution in [2.24, 2.45) is 0 Å². The number of carbonyl (C=O) groups is 1. The Kier molecular flexibility index (Phi) is 7.50. The van der Waals surface area contributed by atoms with Crippen molar-refractivity contribution >= 4 is 32.5 Å². The van der Waals surface area contributed by atoms with Crippen LogP contribution in [0.1, 0.15) is 42.4 Å². The summed E-state index contributed by atoms with van der Waals surface area (Å²) in [6, 6.07) is 31.9. The number of aromatic nitrogens is 1. The molecule has 0 aliphatic carbocycles. The average molecular weight is 552 g/mol. The lowest BCUT2D eigenvalue weighted by atomic mass is 9.87. The highest BCUT2D eigenvalue weighted by molar-refractivity contribution is 7.92. The van der Waals surface area contributed by atoms with Crippen LogP contribution in [0, 0.1) is 0 Å². The van der Waals surface area contributed by atoms with E-state index in [4.69, 9.17) is 0 Å². The number of nitrogens with one attached hydrogen (secondary N) is 3. The zero-order valence-corrected chi connectivity index (χ0v) is 23.7. The molecule has 0 atom stereocenters. The fourth-order valence-electron chi connectivity index (χ4n) is 4.73. The van der Waals surface area contributed by atoms with Crippen molar-refractivity contribution in [1.82, 2.24) is 10.3 Å². The third-order valence-electron chi connectivity index (χ3n) is 6.91. The van der Waals surface area contributed by atoms with Gasteiger partial charge in [-0.05, 0) is 58.9 Å². The lowest BCUT2D eigenvalue weighted by Gasteiger charge is -2.19. The Hall–Kier alpha value is -4.36. The van der Waals surface area contributed by atoms with Gasteiger partial charge in [-0.1, -0.05) is 93.6 Å². The molecule has 204 valence electrons. The van der Waals surface area contributed by atoms with Gasteiger partial charge >= 0.3 is 0 Å². The Morgan fingerprint density at radius 2 is 1.48 bits per heavy atom. The van der Waals surface area contributed by atoms with Crippen LogP contribution >= 0.6 is 0 Å². The highest BCUT2D eigenvalue weighted by atomic mass is 32.2. The van der Waals surface area contributed by atoms with E-state index >= 15 is 0 Å². The van der Waals surface area contributed by atoms with Crippen molar-refractivity contribution in [3.63, 3.8) is 0 Å². The summed E-state index contributed by atoms with van der Waals surface area (Å²) in [5.41, 5.74) is 5.31. The van der Waals surface area contributed by atoms with Crippen LogP contribution in [0.4, 0.5) is 5.69 Å². The van der Waals surface area contributed by atoms with Crippen molar-refractivity contribution < 1.29 is 13.2 Å². The van der Waals surface area contributed by atoms with Crippen LogP contribution in [-0.4, -0.2) is 25.9 Å². The highest BCUT2D eigenvalue weighted by Crippen LogP contribution is 2.35. The molecule has 0 unspecified atom stereocenters. The molecule has 5 rings (SSSR count). The summed E-state index contributed by atoms with van der Waals surface area (Å²) in [6.45, 7) is 6.75. The number of rotatable bonds is 8. The van der Waals surface area contributed by atoms with Gasteiger partial charge in [-0.3, -0.25) is 9.52 Å². The second-order valence-electron chi connectivity index (χ2n) is 10.9. The van der Waals surface area contributed by atoms with E-state index in [1.807, 2.05) is 72.8 Å². The number of H-pyrrole nitrogens is 1. The molecule has 3 N–H and O–H groups in total. The molecule has 1 aromatic heterocycles. The number of sulfonamides is 1. The van der Waals surface area contributed by atoms with Gasteiger partial charge in [0.2, 0.25) is 0 Å². The van der Waals surface area contributed by atoms with Crippen LogP contribution in [0.5, 0.6) is 0 Å². The number of carbonyl (C=O) groups excluding carboxylic acids is 1. The van der Waals surface area contributed by atoms with Crippen LogP contribution in [0.3, 0.4) is 0 Å². The van der Waals surface area contributed by atoms with E-state index in [9.17, 15) is 13.2 Å². The Balaban J connectivity index is 1.45. The fourth-order valence-corrected chi connectivity index (χ4v) is 5.78. The summed E-state index contributed by atoms with van der Waals surface area (Å²) >= 11 is 0. The molecule has 0 saturated carbocycles. The molecule has 0 bridgehead atoms. The molecular formula is C33H33N3O3S. The third kappa shape index (κ3) is 5.95. The smallest absolute Gasteiger partial charge is 0.268 e. The minimum Gasteiger partial charge on any atom is -0.350 e. The Bertz CT molecular complexity index is 1740. The number of benzene rings is 4. The first-order chi connectivity index (χ1) is 19.1. The first kappa shape index (κ1) is 27.2. The predicted molar refractivity (Wildman–Crippen MR) is 162 cm³/mol. The SMILES string of the molecule is CC(C)(C)c1ccc(S(=O)(=O)Nc2ccc3[nH]c(C(=O)NCCc4ccccc4)c(-c4ccccc4)c3c2)cc1. The maximum atomic E-state index is 13.3. The number of fused-ring (bicyclic) bond motifs is 1. The lowest BCUT2D eigenvalue weighted by Crippen LogP contribution is -2.26. The third-order valence-corrected chi connectivity index (χ3v) is 8.31. The zero-order valence-electron chi connectivity index (χ0n) is 22.9. The van der Waals surface area contributed by atoms with Gasteiger partial charge < -0.3 is 10.3 Å². The topological polar surface area (TPSA) is 91.1 Å². The molecule has 0 aliphatic rings. The summed E-state index contributed by atoms with van der Waals surface area (Å²) in [7, 11) is -3.81. The molecule has 0 aliphatic heterocycles. The molecule has 1 amide bonds. The zero-order chi connectivity index (χ0) is 28.3. The molecule has 0 spiro atoms. The molecule has 4 aromatic carbocycles. The van der Waals surface area contributed by atoms with Gasteiger partial charge in [0.05, 0.1) is 4.90 Å². The number of aromatic amines is 1. The second-order valence-corrected chi connectivity index (χ2v) is 12.6. The molecule has 0 saturated heterocycles. The molecule has 6 nitrogen and oxygen atoms in total. The quantitative estimate of drug-likeness (QED) is 0.196. The lowest BCUT2D eigenvalue weighted by molar-refractivity contribution is 0.0950. The maximum Gasteiger partial charge on any atom is 0.268 e. The van der Waals surface area contributed by atoms with Crippen molar-refractivity contribution in [1.29, 1.82) is 0 Å². The first-order valence-electron chi connectivity index (χ1n) is 13.3. The van der Waals surface area contributed by atoms with E-state index in [1.54, 1.807) is 30.3 Å². The van der Waals surface area contributed by atoms with Gasteiger partial charge in [0.1, 0.15) is 5.69 Å². The van der Waals surface area contributed by atoms with E-state index in [0.29, 0.717) is 17.9 Å². The van der Waals surface area contributed by atoms with E-state index in [2.05, 4.69) is 35.8 Å². The molecule has 0 radical (unpaired) electrons. The summed E-state index contributed by atoms with van der Waals surface area (Å²) in [5.74, 6) is -0.216. The van der Waals surface area contributed by atoms with Gasteiger partial charge in [0.25, 0.3) is 15.9 Å². The Morgan fingerprint density at radius 3 is 2.12 bits per heavy atom. The minimum atomic E-state index is -3.81. The molecule has 40 heavy (non-hydrogen) atoms. The van der Waals surface area contributed by atoms with E-state index < -0.39 is 10.0 Å². The van der Waals surface area contributed by atoms with Crippen molar-refractivity contribution in [2.75, 3.05) is 11.3 Å². The van der Waals surface area contributed by atoms with Crippen LogP contribution in [0.15, 0.2) is 108 Å². The monoisotopic (exact) mass is 551 g/mol. The van der Waals surface area contributed by atoms with Gasteiger partial charge in [-0.2, -0.15) is 0 Å². The number of amides is 1. The average Bonchev–Trinajstić information content (AvgIpc) is 3.32. The predicted octanol–water partition coefficient (Wildman–Crippen LogP) is 6.91. The molecule has 5 aromatic rings. The van der Waals surface area contributed by atoms with Crippen molar-refractivity contribution in [3.8, 4) is 11.1 Å². The van der Waals surface area contributed by atoms with Crippen LogP contribution in [-0.2, 0) is 21.9 Å². The fraction of sp³-hybridized carbons (Fsp3) is 0.182. The van der Waals surface area contributed by atoms with Crippen molar-refractivity contribution in [3.05, 3.63) is 120 Å². The summed E-state index contributed by atoms with van der Waals surface area (Å²) in [4.78, 5) is 16.8. The van der Waals surface area contributed by atoms with Gasteiger partial charge in [-0.25, -0.2) is 8.42 Å². The summed E-state index contributed by atoms with van der Waals surface area (Å²) < 4.78 is 29.2. The van der Waals surface area contributed by atoms with Crippen LogP contribution in [0.2, 0.25) is 0 Å². The standard InChI is InChI=1S/C33H33N3O3S/c1-33(2,3)25-14-17-27(18-15-25)40(38,39)36-26-16-19-29-28(22-26)30(24-12-8-5-9-13-24)31(35-29)32(37)34-21-20-23-10-6-4-7-11-23/h4-19,22,35-36H,20-21H2,1-3H3,(H,34,37). The number of hydrogen-bond acceptors (Lipinski definition) is 3. The molecule has 7 heteroatoms. The van der Waals surface area contributed by atoms with Gasteiger partial charge in [0.15, 0.2) is 0 Å². The van der Waals surface area contributed by atoms with E-state index in [1.165, 1.54) is 0 Å². The maximum absolute atomic E-state index is 13.3. The van der Waals surface area contributed by atoms with Crippen molar-refractivity contribution in [2.45, 2.75) is 37.5 Å². The molecule has 0 fully saturated rings. The first-order valence-corrected chi connectivity index (χ1v) is 14.8. The number of hydrogen-bond donors (Lipinski definition) is 3. The normalized spacial score (nSPS) is 11.9. The Morgan fingerprint density at radius 1 is 0.825 bits per heavy atom. The van der Waals surface area contributed by atoms with Crippen LogP contribution < -0.4 is 10.0 Å². The number of anilines is 1. The summed E-state index contributed by atoms with van der Waals surface area (Å²) in [5, 5.41) is 3.78. The Labute approximate surface area is 235 Å². The molecular weight excluding hydrogens is 518 g/mol. The molecule has 1 heterocycles. The second kappa shape index (κ2) is 11.0. The van der Waals surface area contributed by atoms with Gasteiger partial charge in [-0.15, -0.1) is 0 Å². The minimum absolute atomic E-state index is 0.0750. The highest BCUT2D eigenvalue weighted by Gasteiger charge is 2.21. The summed E-state index contributed by atoms with van der Waals surface area (Å²) in [6.07, 6.45) is 0.718. The van der Waals surface area contributed by atoms with Gasteiger partial charge in [0, 0.05) is 28.7 Å². The van der Waals surface area contributed by atoms with E-state index in [0.717, 1.165) is 39.6 Å².